The smallest absolute Gasteiger partial charge is 0.262 e. The van der Waals surface area contributed by atoms with E-state index < -0.39 is 0 Å². The largest absolute Gasteiger partial charge is 0.477 e. The number of nitrogens with zero attached hydrogens (tertiary/aromatic N) is 2. The summed E-state index contributed by atoms with van der Waals surface area (Å²) in [4.78, 5) is 21.3. The molecule has 2 aromatic heterocycles. The number of thiazole rings is 1. The third kappa shape index (κ3) is 2.92. The van der Waals surface area contributed by atoms with E-state index in [1.165, 1.54) is 11.3 Å². The van der Waals surface area contributed by atoms with Crippen molar-refractivity contribution in [3.05, 3.63) is 60.3 Å². The van der Waals surface area contributed by atoms with Crippen LogP contribution in [0.1, 0.15) is 17.3 Å². The van der Waals surface area contributed by atoms with Crippen molar-refractivity contribution >= 4 is 43.4 Å². The molecule has 2 aromatic carbocycles. The van der Waals surface area contributed by atoms with Gasteiger partial charge >= 0.3 is 0 Å². The number of pyridine rings is 1. The number of aromatic nitrogens is 2. The van der Waals surface area contributed by atoms with Gasteiger partial charge in [0.15, 0.2) is 5.13 Å². The third-order valence-electron chi connectivity index (χ3n) is 3.80. The Bertz CT molecular complexity index is 1070. The van der Waals surface area contributed by atoms with E-state index in [-0.39, 0.29) is 5.91 Å². The van der Waals surface area contributed by atoms with E-state index in [0.29, 0.717) is 23.2 Å². The van der Waals surface area contributed by atoms with Gasteiger partial charge in [0.25, 0.3) is 5.91 Å². The molecule has 0 radical (unpaired) electrons. The number of fused-ring (bicyclic) bond motifs is 3. The predicted octanol–water partition coefficient (Wildman–Crippen LogP) is 4.50. The number of nitrogens with one attached hydrogen (secondary N) is 1. The molecule has 0 saturated heterocycles. The standard InChI is InChI=1S/C19H15N3O2S/c1-2-24-18-14(8-5-11-20-18)17(23)22-19-21-16-13-7-4-3-6-12(13)9-10-15(16)25-19/h3-11H,2H2,1H3,(H,21,22,23). The molecule has 5 nitrogen and oxygen atoms in total. The molecule has 0 atom stereocenters. The van der Waals surface area contributed by atoms with E-state index in [1.807, 2.05) is 31.2 Å². The maximum atomic E-state index is 12.6. The summed E-state index contributed by atoms with van der Waals surface area (Å²) >= 11 is 1.45. The van der Waals surface area contributed by atoms with Crippen LogP contribution in [0.25, 0.3) is 21.0 Å². The number of amides is 1. The number of anilines is 1. The first-order valence-corrected chi connectivity index (χ1v) is 8.75. The third-order valence-corrected chi connectivity index (χ3v) is 4.74. The molecule has 2 heterocycles. The van der Waals surface area contributed by atoms with Gasteiger partial charge in [-0.05, 0) is 30.5 Å². The molecule has 0 aliphatic rings. The van der Waals surface area contributed by atoms with Crippen molar-refractivity contribution in [2.75, 3.05) is 11.9 Å². The number of hydrogen-bond acceptors (Lipinski definition) is 5. The van der Waals surface area contributed by atoms with Gasteiger partial charge in [-0.2, -0.15) is 0 Å². The maximum Gasteiger partial charge on any atom is 0.262 e. The van der Waals surface area contributed by atoms with E-state index in [2.05, 4.69) is 27.4 Å². The van der Waals surface area contributed by atoms with Crippen LogP contribution < -0.4 is 10.1 Å². The molecule has 4 aromatic rings. The zero-order valence-corrected chi connectivity index (χ0v) is 14.3. The first kappa shape index (κ1) is 15.5. The van der Waals surface area contributed by atoms with Crippen molar-refractivity contribution in [2.45, 2.75) is 6.92 Å². The molecule has 0 bridgehead atoms. The van der Waals surface area contributed by atoms with E-state index in [9.17, 15) is 4.79 Å². The fourth-order valence-corrected chi connectivity index (χ4v) is 3.57. The minimum Gasteiger partial charge on any atom is -0.477 e. The molecule has 0 saturated carbocycles. The zero-order valence-electron chi connectivity index (χ0n) is 13.5. The molecule has 0 aliphatic heterocycles. The second-order valence-electron chi connectivity index (χ2n) is 5.40. The van der Waals surface area contributed by atoms with E-state index in [4.69, 9.17) is 4.74 Å². The number of carbonyl (C=O) groups excluding carboxylic acids is 1. The maximum absolute atomic E-state index is 12.6. The minimum atomic E-state index is -0.278. The van der Waals surface area contributed by atoms with Gasteiger partial charge in [0.1, 0.15) is 5.56 Å². The molecule has 0 fully saturated rings. The second kappa shape index (κ2) is 6.49. The molecular weight excluding hydrogens is 334 g/mol. The molecule has 6 heteroatoms. The van der Waals surface area contributed by atoms with E-state index in [0.717, 1.165) is 21.0 Å². The molecule has 1 amide bonds. The van der Waals surface area contributed by atoms with Gasteiger partial charge in [-0.25, -0.2) is 9.97 Å². The van der Waals surface area contributed by atoms with E-state index in [1.54, 1.807) is 18.3 Å². The summed E-state index contributed by atoms with van der Waals surface area (Å²) < 4.78 is 6.46. The Labute approximate surface area is 148 Å². The number of hydrogen-bond donors (Lipinski definition) is 1. The Morgan fingerprint density at radius 3 is 2.92 bits per heavy atom. The van der Waals surface area contributed by atoms with Gasteiger partial charge in [-0.3, -0.25) is 10.1 Å². The predicted molar refractivity (Wildman–Crippen MR) is 100 cm³/mol. The van der Waals surface area contributed by atoms with Crippen molar-refractivity contribution in [1.29, 1.82) is 0 Å². The van der Waals surface area contributed by atoms with Crippen LogP contribution in [0.15, 0.2) is 54.7 Å². The minimum absolute atomic E-state index is 0.278. The van der Waals surface area contributed by atoms with Crippen LogP contribution in [-0.2, 0) is 0 Å². The number of benzene rings is 2. The first-order valence-electron chi connectivity index (χ1n) is 7.93. The lowest BCUT2D eigenvalue weighted by Crippen LogP contribution is -2.14. The highest BCUT2D eigenvalue weighted by Gasteiger charge is 2.16. The fraction of sp³-hybridized carbons (Fsp3) is 0.105. The highest BCUT2D eigenvalue weighted by atomic mass is 32.1. The van der Waals surface area contributed by atoms with Crippen LogP contribution in [0, 0.1) is 0 Å². The van der Waals surface area contributed by atoms with Crippen molar-refractivity contribution in [2.24, 2.45) is 0 Å². The van der Waals surface area contributed by atoms with E-state index >= 15 is 0 Å². The Kier molecular flexibility index (Phi) is 4.03. The Morgan fingerprint density at radius 2 is 2.04 bits per heavy atom. The lowest BCUT2D eigenvalue weighted by Gasteiger charge is -2.07. The van der Waals surface area contributed by atoms with Crippen molar-refractivity contribution in [3.8, 4) is 5.88 Å². The van der Waals surface area contributed by atoms with Gasteiger partial charge in [0.2, 0.25) is 5.88 Å². The molecule has 4 rings (SSSR count). The Hall–Kier alpha value is -2.99. The summed E-state index contributed by atoms with van der Waals surface area (Å²) in [6, 6.07) is 15.6. The molecular formula is C19H15N3O2S. The molecule has 25 heavy (non-hydrogen) atoms. The second-order valence-corrected chi connectivity index (χ2v) is 6.43. The highest BCUT2D eigenvalue weighted by Crippen LogP contribution is 2.32. The zero-order chi connectivity index (χ0) is 17.2. The molecule has 0 unspecified atom stereocenters. The Balaban J connectivity index is 1.69. The normalized spacial score (nSPS) is 10.9. The van der Waals surface area contributed by atoms with Crippen LogP contribution in [0.4, 0.5) is 5.13 Å². The first-order chi connectivity index (χ1) is 12.3. The van der Waals surface area contributed by atoms with Crippen LogP contribution >= 0.6 is 11.3 Å². The molecule has 124 valence electrons. The lowest BCUT2D eigenvalue weighted by atomic mass is 10.1. The average molecular weight is 349 g/mol. The number of ether oxygens (including phenoxy) is 1. The van der Waals surface area contributed by atoms with Gasteiger partial charge in [-0.1, -0.05) is 41.7 Å². The average Bonchev–Trinajstić information content (AvgIpc) is 3.05. The van der Waals surface area contributed by atoms with Crippen molar-refractivity contribution in [1.82, 2.24) is 9.97 Å². The van der Waals surface area contributed by atoms with Gasteiger partial charge in [0.05, 0.1) is 16.8 Å². The van der Waals surface area contributed by atoms with Gasteiger partial charge in [0, 0.05) is 11.6 Å². The topological polar surface area (TPSA) is 64.1 Å². The van der Waals surface area contributed by atoms with Crippen LogP contribution in [-0.4, -0.2) is 22.5 Å². The van der Waals surface area contributed by atoms with Crippen LogP contribution in [0.5, 0.6) is 5.88 Å². The number of rotatable bonds is 4. The fourth-order valence-electron chi connectivity index (χ4n) is 2.69. The summed E-state index contributed by atoms with van der Waals surface area (Å²) in [6.07, 6.45) is 1.60. The highest BCUT2D eigenvalue weighted by molar-refractivity contribution is 7.22. The lowest BCUT2D eigenvalue weighted by molar-refractivity contribution is 0.102. The summed E-state index contributed by atoms with van der Waals surface area (Å²) in [5.41, 5.74) is 1.29. The summed E-state index contributed by atoms with van der Waals surface area (Å²) in [6.45, 7) is 2.31. The summed E-state index contributed by atoms with van der Waals surface area (Å²) in [5, 5.41) is 5.62. The van der Waals surface area contributed by atoms with Crippen molar-refractivity contribution < 1.29 is 9.53 Å². The van der Waals surface area contributed by atoms with Gasteiger partial charge in [-0.15, -0.1) is 0 Å². The monoisotopic (exact) mass is 349 g/mol. The molecule has 0 aliphatic carbocycles. The van der Waals surface area contributed by atoms with Crippen LogP contribution in [0.2, 0.25) is 0 Å². The quantitative estimate of drug-likeness (QED) is 0.589. The van der Waals surface area contributed by atoms with Crippen LogP contribution in [0.3, 0.4) is 0 Å². The summed E-state index contributed by atoms with van der Waals surface area (Å²) in [7, 11) is 0. The van der Waals surface area contributed by atoms with Gasteiger partial charge < -0.3 is 4.74 Å². The SMILES string of the molecule is CCOc1ncccc1C(=O)Nc1nc2c(ccc3ccccc32)s1. The Morgan fingerprint density at radius 1 is 1.16 bits per heavy atom. The molecule has 1 N–H and O–H groups in total. The van der Waals surface area contributed by atoms with Crippen molar-refractivity contribution in [3.63, 3.8) is 0 Å². The summed E-state index contributed by atoms with van der Waals surface area (Å²) in [5.74, 6) is 0.0500. The number of carbonyl (C=O) groups is 1. The molecule has 0 spiro atoms.